The van der Waals surface area contributed by atoms with Gasteiger partial charge in [-0.05, 0) is 13.8 Å². The van der Waals surface area contributed by atoms with Crippen molar-refractivity contribution in [3.05, 3.63) is 0 Å². The molecule has 1 heterocycles. The van der Waals surface area contributed by atoms with Gasteiger partial charge in [-0.2, -0.15) is 17.0 Å². The monoisotopic (exact) mass is 249 g/mol. The second-order valence-electron chi connectivity index (χ2n) is 4.32. The first-order valence-corrected chi connectivity index (χ1v) is 7.33. The standard InChI is InChI=1S/C10H23N3O2S/c1-5-12(6-2)16(14,15)13-8-9(3)11-7-10(13)4/h9-11H,5-8H2,1-4H3. The van der Waals surface area contributed by atoms with Gasteiger partial charge in [-0.25, -0.2) is 0 Å². The average Bonchev–Trinajstić information content (AvgIpc) is 2.23. The van der Waals surface area contributed by atoms with Crippen molar-refractivity contribution in [3.63, 3.8) is 0 Å². The predicted molar refractivity (Wildman–Crippen MR) is 65.5 cm³/mol. The first kappa shape index (κ1) is 13.9. The average molecular weight is 249 g/mol. The highest BCUT2D eigenvalue weighted by atomic mass is 32.2. The second kappa shape index (κ2) is 5.44. The smallest absolute Gasteiger partial charge is 0.282 e. The highest BCUT2D eigenvalue weighted by molar-refractivity contribution is 7.86. The van der Waals surface area contributed by atoms with Crippen LogP contribution in [0.3, 0.4) is 0 Å². The Hall–Kier alpha value is -0.170. The van der Waals surface area contributed by atoms with E-state index in [9.17, 15) is 8.42 Å². The first-order chi connectivity index (χ1) is 7.43. The number of rotatable bonds is 4. The van der Waals surface area contributed by atoms with Crippen LogP contribution in [-0.2, 0) is 10.2 Å². The van der Waals surface area contributed by atoms with Crippen LogP contribution in [0.4, 0.5) is 0 Å². The molecule has 1 rings (SSSR count). The largest absolute Gasteiger partial charge is 0.311 e. The van der Waals surface area contributed by atoms with Gasteiger partial charge in [0.25, 0.3) is 10.2 Å². The van der Waals surface area contributed by atoms with Crippen LogP contribution in [0.5, 0.6) is 0 Å². The molecule has 1 aliphatic heterocycles. The zero-order valence-electron chi connectivity index (χ0n) is 10.6. The summed E-state index contributed by atoms with van der Waals surface area (Å²) < 4.78 is 27.8. The van der Waals surface area contributed by atoms with E-state index in [0.717, 1.165) is 6.54 Å². The fourth-order valence-corrected chi connectivity index (χ4v) is 3.90. The van der Waals surface area contributed by atoms with E-state index in [-0.39, 0.29) is 12.1 Å². The maximum Gasteiger partial charge on any atom is 0.282 e. The molecule has 5 nitrogen and oxygen atoms in total. The molecule has 2 atom stereocenters. The molecule has 1 N–H and O–H groups in total. The van der Waals surface area contributed by atoms with Crippen LogP contribution in [0.2, 0.25) is 0 Å². The van der Waals surface area contributed by atoms with Crippen molar-refractivity contribution in [1.82, 2.24) is 13.9 Å². The van der Waals surface area contributed by atoms with Crippen LogP contribution in [0.25, 0.3) is 0 Å². The van der Waals surface area contributed by atoms with Crippen molar-refractivity contribution in [2.24, 2.45) is 0 Å². The molecule has 2 unspecified atom stereocenters. The lowest BCUT2D eigenvalue weighted by molar-refractivity contribution is 0.227. The number of hydrogen-bond donors (Lipinski definition) is 1. The topological polar surface area (TPSA) is 52.7 Å². The Morgan fingerprint density at radius 2 is 1.88 bits per heavy atom. The fraction of sp³-hybridized carbons (Fsp3) is 1.00. The van der Waals surface area contributed by atoms with E-state index in [2.05, 4.69) is 5.32 Å². The van der Waals surface area contributed by atoms with Gasteiger partial charge in [0.05, 0.1) is 0 Å². The first-order valence-electron chi connectivity index (χ1n) is 5.93. The lowest BCUT2D eigenvalue weighted by atomic mass is 10.2. The number of piperazine rings is 1. The summed E-state index contributed by atoms with van der Waals surface area (Å²) in [6, 6.07) is 0.253. The summed E-state index contributed by atoms with van der Waals surface area (Å²) in [7, 11) is -3.28. The van der Waals surface area contributed by atoms with Crippen LogP contribution < -0.4 is 5.32 Å². The van der Waals surface area contributed by atoms with Gasteiger partial charge in [0.15, 0.2) is 0 Å². The van der Waals surface area contributed by atoms with E-state index in [1.165, 1.54) is 4.31 Å². The van der Waals surface area contributed by atoms with Crippen molar-refractivity contribution in [2.45, 2.75) is 39.8 Å². The molecule has 0 bridgehead atoms. The highest BCUT2D eigenvalue weighted by Crippen LogP contribution is 2.15. The van der Waals surface area contributed by atoms with Crippen LogP contribution in [0.15, 0.2) is 0 Å². The normalized spacial score (nSPS) is 28.6. The van der Waals surface area contributed by atoms with Crippen LogP contribution in [-0.4, -0.2) is 55.3 Å². The Balaban J connectivity index is 2.88. The van der Waals surface area contributed by atoms with E-state index in [4.69, 9.17) is 0 Å². The molecule has 1 aliphatic rings. The van der Waals surface area contributed by atoms with Crippen LogP contribution >= 0.6 is 0 Å². The number of hydrogen-bond acceptors (Lipinski definition) is 3. The molecule has 0 spiro atoms. The van der Waals surface area contributed by atoms with Crippen molar-refractivity contribution in [3.8, 4) is 0 Å². The molecule has 0 aliphatic carbocycles. The quantitative estimate of drug-likeness (QED) is 0.777. The Bertz CT molecular complexity index is 314. The fourth-order valence-electron chi connectivity index (χ4n) is 2.01. The lowest BCUT2D eigenvalue weighted by Gasteiger charge is -2.38. The maximum atomic E-state index is 12.3. The molecule has 6 heteroatoms. The third-order valence-electron chi connectivity index (χ3n) is 3.04. The summed E-state index contributed by atoms with van der Waals surface area (Å²) in [6.07, 6.45) is 0. The molecule has 0 aromatic rings. The van der Waals surface area contributed by atoms with E-state index in [1.54, 1.807) is 4.31 Å². The molecular weight excluding hydrogens is 226 g/mol. The van der Waals surface area contributed by atoms with E-state index >= 15 is 0 Å². The molecule has 0 aromatic carbocycles. The van der Waals surface area contributed by atoms with Gasteiger partial charge >= 0.3 is 0 Å². The summed E-state index contributed by atoms with van der Waals surface area (Å²) in [5, 5.41) is 3.28. The Morgan fingerprint density at radius 1 is 1.31 bits per heavy atom. The molecule has 0 aromatic heterocycles. The van der Waals surface area contributed by atoms with E-state index in [1.807, 2.05) is 27.7 Å². The van der Waals surface area contributed by atoms with Crippen molar-refractivity contribution in [1.29, 1.82) is 0 Å². The maximum absolute atomic E-state index is 12.3. The van der Waals surface area contributed by atoms with Crippen molar-refractivity contribution < 1.29 is 8.42 Å². The van der Waals surface area contributed by atoms with Gasteiger partial charge in [0.2, 0.25) is 0 Å². The van der Waals surface area contributed by atoms with Gasteiger partial charge in [0.1, 0.15) is 0 Å². The van der Waals surface area contributed by atoms with E-state index < -0.39 is 10.2 Å². The minimum Gasteiger partial charge on any atom is -0.311 e. The van der Waals surface area contributed by atoms with E-state index in [0.29, 0.717) is 19.6 Å². The number of nitrogens with zero attached hydrogens (tertiary/aromatic N) is 2. The Morgan fingerprint density at radius 3 is 2.38 bits per heavy atom. The molecule has 96 valence electrons. The summed E-state index contributed by atoms with van der Waals surface area (Å²) in [5.41, 5.74) is 0. The Kier molecular flexibility index (Phi) is 4.73. The SMILES string of the molecule is CCN(CC)S(=O)(=O)N1CC(C)NCC1C. The third-order valence-corrected chi connectivity index (χ3v) is 5.31. The zero-order chi connectivity index (χ0) is 12.3. The summed E-state index contributed by atoms with van der Waals surface area (Å²) in [6.45, 7) is 10.0. The molecule has 1 saturated heterocycles. The summed E-state index contributed by atoms with van der Waals surface area (Å²) in [5.74, 6) is 0. The van der Waals surface area contributed by atoms with Gasteiger partial charge in [-0.15, -0.1) is 0 Å². The zero-order valence-corrected chi connectivity index (χ0v) is 11.4. The van der Waals surface area contributed by atoms with Crippen molar-refractivity contribution >= 4 is 10.2 Å². The van der Waals surface area contributed by atoms with Crippen LogP contribution in [0, 0.1) is 0 Å². The van der Waals surface area contributed by atoms with Gasteiger partial charge < -0.3 is 5.32 Å². The predicted octanol–water partition coefficient (Wildman–Crippen LogP) is 0.255. The minimum absolute atomic E-state index is 0.0294. The molecule has 0 saturated carbocycles. The van der Waals surface area contributed by atoms with Gasteiger partial charge in [-0.1, -0.05) is 13.8 Å². The second-order valence-corrected chi connectivity index (χ2v) is 6.20. The number of nitrogens with one attached hydrogen (secondary N) is 1. The highest BCUT2D eigenvalue weighted by Gasteiger charge is 2.35. The lowest BCUT2D eigenvalue weighted by Crippen LogP contribution is -2.59. The minimum atomic E-state index is -3.28. The Labute approximate surface area is 99.0 Å². The summed E-state index contributed by atoms with van der Waals surface area (Å²) in [4.78, 5) is 0. The van der Waals surface area contributed by atoms with Crippen LogP contribution in [0.1, 0.15) is 27.7 Å². The third kappa shape index (κ3) is 2.74. The molecule has 0 radical (unpaired) electrons. The molecular formula is C10H23N3O2S. The molecule has 16 heavy (non-hydrogen) atoms. The molecule has 0 amide bonds. The van der Waals surface area contributed by atoms with Gasteiger partial charge in [0, 0.05) is 38.3 Å². The summed E-state index contributed by atoms with van der Waals surface area (Å²) >= 11 is 0. The molecule has 1 fully saturated rings. The van der Waals surface area contributed by atoms with Crippen molar-refractivity contribution in [2.75, 3.05) is 26.2 Å². The van der Waals surface area contributed by atoms with Gasteiger partial charge in [-0.3, -0.25) is 0 Å².